The van der Waals surface area contributed by atoms with Crippen molar-refractivity contribution in [3.63, 3.8) is 0 Å². The summed E-state index contributed by atoms with van der Waals surface area (Å²) in [6.45, 7) is 0. The van der Waals surface area contributed by atoms with Crippen molar-refractivity contribution in [2.24, 2.45) is 4.99 Å². The quantitative estimate of drug-likeness (QED) is 0.611. The molecule has 0 radical (unpaired) electrons. The number of para-hydroxylation sites is 2. The van der Waals surface area contributed by atoms with E-state index in [0.717, 1.165) is 0 Å². The van der Waals surface area contributed by atoms with Crippen LogP contribution < -0.4 is 0 Å². The van der Waals surface area contributed by atoms with Crippen LogP contribution in [0.2, 0.25) is 5.02 Å². The Hall–Kier alpha value is -1.40. The summed E-state index contributed by atoms with van der Waals surface area (Å²) in [7, 11) is 4.69. The van der Waals surface area contributed by atoms with Crippen LogP contribution in [0.5, 0.6) is 11.5 Å². The van der Waals surface area contributed by atoms with Crippen LogP contribution in [0.3, 0.4) is 0 Å². The van der Waals surface area contributed by atoms with Crippen molar-refractivity contribution >= 4 is 33.1 Å². The summed E-state index contributed by atoms with van der Waals surface area (Å²) < 4.78 is 7.47. The first-order valence-electron chi connectivity index (χ1n) is 5.26. The zero-order chi connectivity index (χ0) is 15.0. The molecule has 0 fully saturated rings. The van der Waals surface area contributed by atoms with Crippen LogP contribution in [-0.2, 0) is 16.0 Å². The van der Waals surface area contributed by atoms with E-state index < -0.39 is 16.0 Å². The molecule has 0 atom stereocenters. The Balaban J connectivity index is 0.000000922. The first-order valence-corrected chi connectivity index (χ1v) is 9.93. The first kappa shape index (κ1) is 19.6. The standard InChI is InChI=1S/C13H10ClNO2.ClH.N.H2O.Os/c14-10-5-6-12(16)9(7-10)8-15-11-3-1-2-4-13(11)17;;;;/h1-8,16-17H;1H;;1H2;/q;;;;+1/p-1. The van der Waals surface area contributed by atoms with E-state index in [1.54, 1.807) is 36.4 Å². The predicted molar refractivity (Wildman–Crippen MR) is 79.7 cm³/mol. The summed E-state index contributed by atoms with van der Waals surface area (Å²) in [6, 6.07) is 11.4. The number of benzene rings is 2. The summed E-state index contributed by atoms with van der Waals surface area (Å²) in [5.74, 6) is 0.179. The topological polar surface area (TPSA) is 108 Å². The number of halogens is 2. The van der Waals surface area contributed by atoms with Gasteiger partial charge in [0.15, 0.2) is 0 Å². The molecule has 2 aromatic carbocycles. The van der Waals surface area contributed by atoms with E-state index >= 15 is 0 Å². The van der Waals surface area contributed by atoms with Gasteiger partial charge < -0.3 is 15.7 Å². The third-order valence-corrected chi connectivity index (χ3v) is 2.45. The fraction of sp³-hybridized carbons (Fsp3) is 0. The van der Waals surface area contributed by atoms with Gasteiger partial charge in [-0.25, -0.2) is 0 Å². The number of phenols is 2. The molecule has 0 saturated heterocycles. The number of aliphatic imine (C=N–C) groups is 1. The molecule has 0 amide bonds. The molecule has 5 nitrogen and oxygen atoms in total. The SMILES string of the molecule is O.Oc1ccc(Cl)cc1C=Nc1ccccc1O.[N]#[Os][Cl]. The molecule has 0 spiro atoms. The van der Waals surface area contributed by atoms with Crippen LogP contribution in [-0.4, -0.2) is 21.9 Å². The zero-order valence-corrected chi connectivity index (χ0v) is 14.6. The molecule has 0 aromatic heterocycles. The number of hydrogen-bond acceptors (Lipinski definition) is 4. The molecule has 0 bridgehead atoms. The van der Waals surface area contributed by atoms with E-state index in [1.165, 1.54) is 12.3 Å². The van der Waals surface area contributed by atoms with E-state index in [4.69, 9.17) is 25.1 Å². The predicted octanol–water partition coefficient (Wildman–Crippen LogP) is 3.38. The van der Waals surface area contributed by atoms with E-state index in [1.807, 2.05) is 0 Å². The second kappa shape index (κ2) is 10.3. The van der Waals surface area contributed by atoms with E-state index in [-0.39, 0.29) is 17.0 Å². The van der Waals surface area contributed by atoms with Crippen molar-refractivity contribution in [1.29, 1.82) is 3.88 Å². The molecule has 114 valence electrons. The Morgan fingerprint density at radius 1 is 1.10 bits per heavy atom. The molecule has 0 aliphatic rings. The Bertz CT molecular complexity index is 660. The number of nitrogens with zero attached hydrogens (tertiary/aromatic N) is 2. The fourth-order valence-corrected chi connectivity index (χ4v) is 1.52. The van der Waals surface area contributed by atoms with Crippen molar-refractivity contribution in [1.82, 2.24) is 0 Å². The number of phenolic OH excluding ortho intramolecular Hbond substituents is 2. The van der Waals surface area contributed by atoms with Gasteiger partial charge in [0, 0.05) is 16.8 Å². The Morgan fingerprint density at radius 2 is 1.71 bits per heavy atom. The van der Waals surface area contributed by atoms with Gasteiger partial charge >= 0.3 is 29.6 Å². The van der Waals surface area contributed by atoms with Gasteiger partial charge in [-0.1, -0.05) is 23.7 Å². The molecule has 0 aliphatic carbocycles. The third kappa shape index (κ3) is 6.73. The van der Waals surface area contributed by atoms with Crippen molar-refractivity contribution in [2.45, 2.75) is 0 Å². The van der Waals surface area contributed by atoms with Crippen LogP contribution in [0.4, 0.5) is 5.69 Å². The fourth-order valence-electron chi connectivity index (χ4n) is 1.34. The van der Waals surface area contributed by atoms with Crippen molar-refractivity contribution in [2.75, 3.05) is 0 Å². The Labute approximate surface area is 138 Å². The first-order chi connectivity index (χ1) is 9.58. The maximum atomic E-state index is 9.57. The minimum atomic E-state index is -1.11. The Morgan fingerprint density at radius 3 is 2.33 bits per heavy atom. The molecule has 2 aromatic rings. The van der Waals surface area contributed by atoms with Gasteiger partial charge in [0.2, 0.25) is 0 Å². The molecule has 21 heavy (non-hydrogen) atoms. The van der Waals surface area contributed by atoms with Crippen LogP contribution in [0.25, 0.3) is 0 Å². The molecule has 8 heteroatoms. The normalized spacial score (nSPS) is 9.57. The maximum absolute atomic E-state index is 9.57. The second-order valence-corrected chi connectivity index (χ2v) is 5.35. The van der Waals surface area contributed by atoms with Gasteiger partial charge in [-0.15, -0.1) is 0 Å². The summed E-state index contributed by atoms with van der Waals surface area (Å²) in [5.41, 5.74) is 0.938. The van der Waals surface area contributed by atoms with Crippen LogP contribution in [0, 0.1) is 3.88 Å². The molecular weight excluding hydrogens is 493 g/mol. The van der Waals surface area contributed by atoms with Gasteiger partial charge in [0.25, 0.3) is 0 Å². The molecular formula is C13H12Cl2N2O3Os. The average molecular weight is 505 g/mol. The molecule has 4 N–H and O–H groups in total. The summed E-state index contributed by atoms with van der Waals surface area (Å²) >= 11 is 4.70. The summed E-state index contributed by atoms with van der Waals surface area (Å²) in [4.78, 5) is 4.08. The molecule has 0 unspecified atom stereocenters. The number of hydrogen-bond donors (Lipinski definition) is 2. The van der Waals surface area contributed by atoms with Gasteiger partial charge in [-0.2, -0.15) is 0 Å². The zero-order valence-electron chi connectivity index (χ0n) is 10.5. The van der Waals surface area contributed by atoms with Gasteiger partial charge in [-0.3, -0.25) is 4.99 Å². The van der Waals surface area contributed by atoms with E-state index in [9.17, 15) is 10.2 Å². The number of aromatic hydroxyl groups is 2. The van der Waals surface area contributed by atoms with Gasteiger partial charge in [0.05, 0.1) is 0 Å². The molecule has 0 heterocycles. The number of rotatable bonds is 2. The average Bonchev–Trinajstić information content (AvgIpc) is 2.42. The third-order valence-electron chi connectivity index (χ3n) is 2.21. The minimum absolute atomic E-state index is 0. The molecule has 0 aliphatic heterocycles. The second-order valence-electron chi connectivity index (χ2n) is 3.51. The monoisotopic (exact) mass is 506 g/mol. The molecule has 2 rings (SSSR count). The van der Waals surface area contributed by atoms with Crippen LogP contribution in [0.1, 0.15) is 5.56 Å². The van der Waals surface area contributed by atoms with Crippen LogP contribution in [0.15, 0.2) is 47.5 Å². The van der Waals surface area contributed by atoms with Crippen molar-refractivity contribution in [3.8, 4) is 11.5 Å². The van der Waals surface area contributed by atoms with E-state index in [2.05, 4.69) is 4.99 Å². The van der Waals surface area contributed by atoms with Gasteiger partial charge in [-0.05, 0) is 30.3 Å². The summed E-state index contributed by atoms with van der Waals surface area (Å²) in [6.07, 6.45) is 1.45. The van der Waals surface area contributed by atoms with Crippen molar-refractivity contribution < 1.29 is 31.7 Å². The molecule has 0 saturated carbocycles. The van der Waals surface area contributed by atoms with Crippen LogP contribution >= 0.6 is 21.2 Å². The summed E-state index contributed by atoms with van der Waals surface area (Å²) in [5, 5.41) is 19.6. The Kier molecular flexibility index (Phi) is 9.65. The van der Waals surface area contributed by atoms with Crippen molar-refractivity contribution in [3.05, 3.63) is 53.1 Å². The van der Waals surface area contributed by atoms with Gasteiger partial charge in [0.1, 0.15) is 17.2 Å². The van der Waals surface area contributed by atoms with E-state index in [0.29, 0.717) is 16.3 Å².